The summed E-state index contributed by atoms with van der Waals surface area (Å²) in [5, 5.41) is 3.43. The Labute approximate surface area is 189 Å². The summed E-state index contributed by atoms with van der Waals surface area (Å²) in [4.78, 5) is 18.4. The Kier molecular flexibility index (Phi) is 6.59. The third-order valence-corrected chi connectivity index (χ3v) is 6.16. The minimum atomic E-state index is -0.358. The van der Waals surface area contributed by atoms with Gasteiger partial charge in [0, 0.05) is 31.4 Å². The molecule has 0 aliphatic heterocycles. The molecule has 0 amide bonds. The molecule has 3 aromatic rings. The number of rotatable bonds is 7. The van der Waals surface area contributed by atoms with Gasteiger partial charge in [-0.1, -0.05) is 18.2 Å². The lowest BCUT2D eigenvalue weighted by Gasteiger charge is -2.29. The third-order valence-electron chi connectivity index (χ3n) is 6.16. The number of hydrogen-bond donors (Lipinski definition) is 1. The lowest BCUT2D eigenvalue weighted by molar-refractivity contribution is 0.0601. The molecule has 32 heavy (non-hydrogen) atoms. The maximum Gasteiger partial charge on any atom is 0.340 e. The molecule has 1 N–H and O–H groups in total. The van der Waals surface area contributed by atoms with E-state index in [4.69, 9.17) is 9.47 Å². The number of aromatic nitrogens is 1. The number of fused-ring (bicyclic) bond motifs is 1. The summed E-state index contributed by atoms with van der Waals surface area (Å²) < 4.78 is 10.4. The second-order valence-corrected chi connectivity index (χ2v) is 8.00. The fraction of sp³-hybridized carbons (Fsp3) is 0.308. The van der Waals surface area contributed by atoms with Crippen LogP contribution >= 0.6 is 0 Å². The van der Waals surface area contributed by atoms with E-state index in [1.807, 2.05) is 18.2 Å². The molecule has 6 nitrogen and oxygen atoms in total. The number of nitrogens with zero attached hydrogens (tertiary/aromatic N) is 2. The van der Waals surface area contributed by atoms with E-state index in [0.29, 0.717) is 17.2 Å². The van der Waals surface area contributed by atoms with E-state index >= 15 is 0 Å². The monoisotopic (exact) mass is 431 g/mol. The molecule has 0 unspecified atom stereocenters. The summed E-state index contributed by atoms with van der Waals surface area (Å²) in [6, 6.07) is 16.4. The van der Waals surface area contributed by atoms with Crippen LogP contribution in [0.3, 0.4) is 0 Å². The first-order valence-electron chi connectivity index (χ1n) is 10.9. The number of hydrogen-bond acceptors (Lipinski definition) is 6. The first kappa shape index (κ1) is 21.7. The second-order valence-electron chi connectivity index (χ2n) is 8.00. The summed E-state index contributed by atoms with van der Waals surface area (Å²) >= 11 is 0. The van der Waals surface area contributed by atoms with Gasteiger partial charge >= 0.3 is 5.97 Å². The van der Waals surface area contributed by atoms with Gasteiger partial charge in [-0.3, -0.25) is 4.98 Å². The number of esters is 1. The predicted octanol–water partition coefficient (Wildman–Crippen LogP) is 5.18. The highest BCUT2D eigenvalue weighted by Crippen LogP contribution is 2.37. The number of methoxy groups -OCH3 is 2. The van der Waals surface area contributed by atoms with Crippen LogP contribution in [0.15, 0.2) is 60.9 Å². The zero-order chi connectivity index (χ0) is 22.5. The molecule has 0 radical (unpaired) electrons. The van der Waals surface area contributed by atoms with Crippen LogP contribution in [0.2, 0.25) is 0 Å². The van der Waals surface area contributed by atoms with E-state index in [1.54, 1.807) is 25.6 Å². The predicted molar refractivity (Wildman–Crippen MR) is 127 cm³/mol. The number of aryl methyl sites for hydroxylation is 1. The molecule has 0 saturated carbocycles. The Balaban J connectivity index is 1.54. The second kappa shape index (κ2) is 9.73. The Morgan fingerprint density at radius 1 is 1.19 bits per heavy atom. The number of anilines is 3. The molecule has 0 spiro atoms. The Morgan fingerprint density at radius 3 is 2.84 bits per heavy atom. The molecule has 1 atom stereocenters. The number of para-hydroxylation sites is 2. The van der Waals surface area contributed by atoms with Gasteiger partial charge in [-0.25, -0.2) is 4.79 Å². The quantitative estimate of drug-likeness (QED) is 0.520. The largest absolute Gasteiger partial charge is 0.495 e. The molecule has 2 aromatic carbocycles. The summed E-state index contributed by atoms with van der Waals surface area (Å²) in [5.74, 6) is 0.866. The van der Waals surface area contributed by atoms with Crippen LogP contribution in [0.1, 0.15) is 40.2 Å². The van der Waals surface area contributed by atoms with Gasteiger partial charge in [-0.05, 0) is 60.7 Å². The first-order chi connectivity index (χ1) is 15.6. The van der Waals surface area contributed by atoms with Crippen molar-refractivity contribution in [3.05, 3.63) is 77.6 Å². The van der Waals surface area contributed by atoms with E-state index in [9.17, 15) is 4.79 Å². The fourth-order valence-electron chi connectivity index (χ4n) is 4.42. The molecule has 0 saturated heterocycles. The molecule has 0 bridgehead atoms. The summed E-state index contributed by atoms with van der Waals surface area (Å²) in [6.07, 6.45) is 6.60. The van der Waals surface area contributed by atoms with Crippen LogP contribution in [0.4, 0.5) is 17.1 Å². The zero-order valence-corrected chi connectivity index (χ0v) is 18.8. The molecule has 6 heteroatoms. The Morgan fingerprint density at radius 2 is 2.03 bits per heavy atom. The van der Waals surface area contributed by atoms with Gasteiger partial charge in [0.25, 0.3) is 0 Å². The number of pyridine rings is 1. The van der Waals surface area contributed by atoms with Crippen LogP contribution < -0.4 is 15.0 Å². The third kappa shape index (κ3) is 4.40. The minimum Gasteiger partial charge on any atom is -0.495 e. The van der Waals surface area contributed by atoms with Crippen LogP contribution in [-0.4, -0.2) is 38.8 Å². The van der Waals surface area contributed by atoms with Gasteiger partial charge in [0.05, 0.1) is 37.4 Å². The van der Waals surface area contributed by atoms with Crippen molar-refractivity contribution in [3.63, 3.8) is 0 Å². The van der Waals surface area contributed by atoms with Crippen molar-refractivity contribution in [1.29, 1.82) is 0 Å². The van der Waals surface area contributed by atoms with Crippen molar-refractivity contribution >= 4 is 23.0 Å². The Hall–Kier alpha value is -3.54. The zero-order valence-electron chi connectivity index (χ0n) is 18.8. The van der Waals surface area contributed by atoms with Gasteiger partial charge in [0.1, 0.15) is 5.75 Å². The molecule has 1 aliphatic carbocycles. The van der Waals surface area contributed by atoms with Crippen molar-refractivity contribution in [2.75, 3.05) is 38.0 Å². The van der Waals surface area contributed by atoms with Gasteiger partial charge in [0.15, 0.2) is 0 Å². The van der Waals surface area contributed by atoms with E-state index in [-0.39, 0.29) is 5.97 Å². The van der Waals surface area contributed by atoms with Gasteiger partial charge < -0.3 is 19.7 Å². The van der Waals surface area contributed by atoms with Gasteiger partial charge in [-0.2, -0.15) is 0 Å². The van der Waals surface area contributed by atoms with Gasteiger partial charge in [-0.15, -0.1) is 0 Å². The van der Waals surface area contributed by atoms with E-state index in [0.717, 1.165) is 42.9 Å². The number of ether oxygens (including phenoxy) is 2. The average Bonchev–Trinajstić information content (AvgIpc) is 2.86. The van der Waals surface area contributed by atoms with E-state index in [1.165, 1.54) is 18.2 Å². The highest BCUT2D eigenvalue weighted by molar-refractivity contribution is 5.95. The first-order valence-corrected chi connectivity index (χ1v) is 10.9. The van der Waals surface area contributed by atoms with Crippen LogP contribution in [-0.2, 0) is 11.2 Å². The van der Waals surface area contributed by atoms with E-state index in [2.05, 4.69) is 46.5 Å². The summed E-state index contributed by atoms with van der Waals surface area (Å²) in [7, 11) is 5.16. The van der Waals surface area contributed by atoms with Crippen LogP contribution in [0, 0.1) is 0 Å². The molecule has 166 valence electrons. The highest BCUT2D eigenvalue weighted by Gasteiger charge is 2.22. The lowest BCUT2D eigenvalue weighted by Crippen LogP contribution is -2.20. The summed E-state index contributed by atoms with van der Waals surface area (Å²) in [6.45, 7) is 0.740. The molecule has 1 aromatic heterocycles. The van der Waals surface area contributed by atoms with E-state index < -0.39 is 0 Å². The van der Waals surface area contributed by atoms with Crippen LogP contribution in [0.5, 0.6) is 5.75 Å². The van der Waals surface area contributed by atoms with Gasteiger partial charge in [0.2, 0.25) is 0 Å². The van der Waals surface area contributed by atoms with Crippen molar-refractivity contribution in [2.45, 2.75) is 25.2 Å². The maximum absolute atomic E-state index is 12.0. The average molecular weight is 432 g/mol. The number of carbonyl (C=O) groups is 1. The van der Waals surface area contributed by atoms with Crippen LogP contribution in [0.25, 0.3) is 0 Å². The summed E-state index contributed by atoms with van der Waals surface area (Å²) in [5.41, 5.74) is 6.13. The molecule has 1 heterocycles. The SMILES string of the molecule is COC(=O)c1ccncc1NC[C@@H]1CCCc2cc(N(C)c3ccccc3OC)ccc21. The smallest absolute Gasteiger partial charge is 0.340 e. The number of benzene rings is 2. The minimum absolute atomic E-state index is 0.358. The fourth-order valence-corrected chi connectivity index (χ4v) is 4.42. The standard InChI is InChI=1S/C26H29N3O3/c1-29(24-9-4-5-10-25(24)31-2)20-11-12-21-18(15-20)7-6-8-19(21)16-28-23-17-27-14-13-22(23)26(30)32-3/h4-5,9-15,17,19,28H,6-8,16H2,1-3H3/t19-/m0/s1. The number of nitrogens with one attached hydrogen (secondary N) is 1. The van der Waals surface area contributed by atoms with Crippen molar-refractivity contribution in [2.24, 2.45) is 0 Å². The molecular formula is C26H29N3O3. The van der Waals surface area contributed by atoms with Crippen molar-refractivity contribution < 1.29 is 14.3 Å². The Bertz CT molecular complexity index is 1100. The molecule has 0 fully saturated rings. The molecule has 1 aliphatic rings. The topological polar surface area (TPSA) is 63.7 Å². The molecule has 4 rings (SSSR count). The van der Waals surface area contributed by atoms with Crippen molar-refractivity contribution in [1.82, 2.24) is 4.98 Å². The lowest BCUT2D eigenvalue weighted by atomic mass is 9.82. The molecular weight excluding hydrogens is 402 g/mol. The maximum atomic E-state index is 12.0. The number of carbonyl (C=O) groups excluding carboxylic acids is 1. The highest BCUT2D eigenvalue weighted by atomic mass is 16.5. The normalized spacial score (nSPS) is 14.9. The van der Waals surface area contributed by atoms with Crippen molar-refractivity contribution in [3.8, 4) is 5.75 Å².